The van der Waals surface area contributed by atoms with Crippen molar-refractivity contribution in [3.05, 3.63) is 33.7 Å². The summed E-state index contributed by atoms with van der Waals surface area (Å²) in [7, 11) is 0. The molecule has 3 aliphatic rings. The van der Waals surface area contributed by atoms with Crippen molar-refractivity contribution in [1.82, 2.24) is 19.7 Å². The molecule has 4 heterocycles. The lowest BCUT2D eigenvalue weighted by atomic mass is 10.0. The molecule has 30 heavy (non-hydrogen) atoms. The van der Waals surface area contributed by atoms with E-state index >= 15 is 0 Å². The number of nitrogens with one attached hydrogen (secondary N) is 1. The smallest absolute Gasteiger partial charge is 0.263 e. The Kier molecular flexibility index (Phi) is 7.20. The van der Waals surface area contributed by atoms with Crippen molar-refractivity contribution in [2.24, 2.45) is 0 Å². The molecule has 0 saturated carbocycles. The average Bonchev–Trinajstić information content (AvgIpc) is 3.22. The molecule has 3 aliphatic heterocycles. The van der Waals surface area contributed by atoms with Gasteiger partial charge in [0.1, 0.15) is 5.56 Å². The summed E-state index contributed by atoms with van der Waals surface area (Å²) in [5.41, 5.74) is 0.756. The molecule has 1 amide bonds. The van der Waals surface area contributed by atoms with Gasteiger partial charge in [0.15, 0.2) is 0 Å². The highest BCUT2D eigenvalue weighted by Crippen LogP contribution is 2.19. The van der Waals surface area contributed by atoms with Crippen LogP contribution in [0.4, 0.5) is 0 Å². The third-order valence-electron chi connectivity index (χ3n) is 6.59. The Balaban J connectivity index is 1.43. The minimum atomic E-state index is -0.282. The van der Waals surface area contributed by atoms with Crippen molar-refractivity contribution < 1.29 is 14.3 Å². The second-order valence-corrected chi connectivity index (χ2v) is 8.61. The van der Waals surface area contributed by atoms with E-state index < -0.39 is 0 Å². The first kappa shape index (κ1) is 21.5. The Morgan fingerprint density at radius 2 is 1.83 bits per heavy atom. The summed E-state index contributed by atoms with van der Waals surface area (Å²) in [5.74, 6) is -0.282. The summed E-state index contributed by atoms with van der Waals surface area (Å²) in [6.07, 6.45) is 5.46. The van der Waals surface area contributed by atoms with Gasteiger partial charge in [-0.2, -0.15) is 0 Å². The third-order valence-corrected chi connectivity index (χ3v) is 6.59. The summed E-state index contributed by atoms with van der Waals surface area (Å²) in [5, 5.41) is 3.11. The van der Waals surface area contributed by atoms with E-state index in [9.17, 15) is 9.59 Å². The summed E-state index contributed by atoms with van der Waals surface area (Å²) in [6, 6.07) is 1.99. The van der Waals surface area contributed by atoms with E-state index in [2.05, 4.69) is 15.1 Å². The Labute approximate surface area is 178 Å². The molecule has 0 bridgehead atoms. The molecule has 166 valence electrons. The maximum absolute atomic E-state index is 13.1. The zero-order valence-corrected chi connectivity index (χ0v) is 18.0. The fourth-order valence-electron chi connectivity index (χ4n) is 4.72. The number of carbonyl (C=O) groups excluding carboxylic acids is 1. The number of ether oxygens (including phenoxy) is 2. The molecular formula is C22H34N4O4. The van der Waals surface area contributed by atoms with Crippen LogP contribution >= 0.6 is 0 Å². The molecule has 3 saturated heterocycles. The maximum Gasteiger partial charge on any atom is 0.263 e. The van der Waals surface area contributed by atoms with Gasteiger partial charge in [-0.1, -0.05) is 6.42 Å². The number of likely N-dealkylation sites (tertiary alicyclic amines) is 1. The van der Waals surface area contributed by atoms with Crippen LogP contribution in [0.25, 0.3) is 0 Å². The summed E-state index contributed by atoms with van der Waals surface area (Å²) < 4.78 is 12.7. The zero-order valence-electron chi connectivity index (χ0n) is 18.0. The van der Waals surface area contributed by atoms with Crippen molar-refractivity contribution in [1.29, 1.82) is 0 Å². The molecule has 3 fully saturated rings. The van der Waals surface area contributed by atoms with Crippen molar-refractivity contribution in [3.63, 3.8) is 0 Å². The third kappa shape index (κ3) is 4.94. The lowest BCUT2D eigenvalue weighted by Gasteiger charge is -2.34. The van der Waals surface area contributed by atoms with Crippen LogP contribution in [0.5, 0.6) is 0 Å². The normalized spacial score (nSPS) is 26.0. The van der Waals surface area contributed by atoms with Crippen LogP contribution in [0.15, 0.2) is 17.1 Å². The van der Waals surface area contributed by atoms with Gasteiger partial charge >= 0.3 is 0 Å². The molecule has 8 heteroatoms. The second-order valence-electron chi connectivity index (χ2n) is 8.61. The first-order valence-corrected chi connectivity index (χ1v) is 11.3. The van der Waals surface area contributed by atoms with E-state index in [4.69, 9.17) is 9.47 Å². The van der Waals surface area contributed by atoms with E-state index in [-0.39, 0.29) is 29.1 Å². The van der Waals surface area contributed by atoms with Crippen LogP contribution in [0.3, 0.4) is 0 Å². The van der Waals surface area contributed by atoms with E-state index in [1.54, 1.807) is 10.8 Å². The number of hydrogen-bond donors (Lipinski definition) is 1. The highest BCUT2D eigenvalue weighted by Gasteiger charge is 2.35. The Hall–Kier alpha value is -1.74. The lowest BCUT2D eigenvalue weighted by Crippen LogP contribution is -2.53. The second kappa shape index (κ2) is 10.0. The van der Waals surface area contributed by atoms with E-state index in [0.717, 1.165) is 45.9 Å². The standard InChI is InChI=1S/C22H34N4O4/c1-17-5-8-26(10-9-24-11-13-29-14-12-24)22(28)20(17)21(27)23-18-15-30-16-19(18)25-6-3-2-4-7-25/h5,8,18-19H,2-4,6-7,9-16H2,1H3,(H,23,27)/t18-,19-/m0/s1. The molecule has 0 aliphatic carbocycles. The van der Waals surface area contributed by atoms with Gasteiger partial charge in [-0.15, -0.1) is 0 Å². The van der Waals surface area contributed by atoms with Gasteiger partial charge in [-0.25, -0.2) is 0 Å². The van der Waals surface area contributed by atoms with Gasteiger partial charge in [0.05, 0.1) is 38.5 Å². The van der Waals surface area contributed by atoms with Gasteiger partial charge in [0.2, 0.25) is 0 Å². The molecule has 1 N–H and O–H groups in total. The van der Waals surface area contributed by atoms with Crippen LogP contribution in [0, 0.1) is 6.92 Å². The lowest BCUT2D eigenvalue weighted by molar-refractivity contribution is 0.0362. The van der Waals surface area contributed by atoms with E-state index in [0.29, 0.717) is 25.3 Å². The first-order chi connectivity index (χ1) is 14.6. The number of pyridine rings is 1. The van der Waals surface area contributed by atoms with Crippen molar-refractivity contribution in [2.45, 2.75) is 44.8 Å². The van der Waals surface area contributed by atoms with Gasteiger partial charge < -0.3 is 19.4 Å². The number of carbonyl (C=O) groups is 1. The number of morpholine rings is 1. The van der Waals surface area contributed by atoms with Gasteiger partial charge in [-0.05, 0) is 44.5 Å². The molecule has 1 aromatic heterocycles. The molecule has 0 aromatic carbocycles. The SMILES string of the molecule is Cc1ccn(CCN2CCOCC2)c(=O)c1C(=O)N[C@H]1COC[C@@H]1N1CCCCC1. The predicted molar refractivity (Wildman–Crippen MR) is 114 cm³/mol. The van der Waals surface area contributed by atoms with Crippen molar-refractivity contribution in [2.75, 3.05) is 59.2 Å². The van der Waals surface area contributed by atoms with Crippen LogP contribution in [-0.2, 0) is 16.0 Å². The summed E-state index contributed by atoms with van der Waals surface area (Å²) >= 11 is 0. The van der Waals surface area contributed by atoms with Crippen molar-refractivity contribution in [3.8, 4) is 0 Å². The van der Waals surface area contributed by atoms with Gasteiger partial charge in [0, 0.05) is 32.4 Å². The first-order valence-electron chi connectivity index (χ1n) is 11.3. The van der Waals surface area contributed by atoms with Crippen LogP contribution in [0.1, 0.15) is 35.2 Å². The predicted octanol–water partition coefficient (Wildman–Crippen LogP) is 0.472. The van der Waals surface area contributed by atoms with Crippen molar-refractivity contribution >= 4 is 5.91 Å². The van der Waals surface area contributed by atoms with Gasteiger partial charge in [0.25, 0.3) is 11.5 Å². The highest BCUT2D eigenvalue weighted by molar-refractivity contribution is 5.95. The quantitative estimate of drug-likeness (QED) is 0.724. The fourth-order valence-corrected chi connectivity index (χ4v) is 4.72. The number of amides is 1. The monoisotopic (exact) mass is 418 g/mol. The topological polar surface area (TPSA) is 76.0 Å². The minimum absolute atomic E-state index is 0.0728. The minimum Gasteiger partial charge on any atom is -0.379 e. The Morgan fingerprint density at radius 3 is 2.60 bits per heavy atom. The van der Waals surface area contributed by atoms with Crippen LogP contribution in [-0.4, -0.2) is 91.5 Å². The number of rotatable bonds is 6. The highest BCUT2D eigenvalue weighted by atomic mass is 16.5. The molecule has 4 rings (SSSR count). The van der Waals surface area contributed by atoms with E-state index in [1.807, 2.05) is 13.0 Å². The number of aromatic nitrogens is 1. The molecule has 1 aromatic rings. The molecule has 0 spiro atoms. The summed E-state index contributed by atoms with van der Waals surface area (Å²) in [4.78, 5) is 30.9. The molecule has 2 atom stereocenters. The number of piperidine rings is 1. The number of hydrogen-bond acceptors (Lipinski definition) is 6. The Bertz CT molecular complexity index is 784. The average molecular weight is 419 g/mol. The number of aryl methyl sites for hydroxylation is 1. The van der Waals surface area contributed by atoms with E-state index in [1.165, 1.54) is 19.3 Å². The molecule has 8 nitrogen and oxygen atoms in total. The molecular weight excluding hydrogens is 384 g/mol. The maximum atomic E-state index is 13.1. The summed E-state index contributed by atoms with van der Waals surface area (Å²) in [6.45, 7) is 9.67. The van der Waals surface area contributed by atoms with Gasteiger partial charge in [-0.3, -0.25) is 19.4 Å². The Morgan fingerprint density at radius 1 is 1.07 bits per heavy atom. The zero-order chi connectivity index (χ0) is 20.9. The molecule has 0 unspecified atom stereocenters. The fraction of sp³-hybridized carbons (Fsp3) is 0.727. The molecule has 0 radical (unpaired) electrons. The van der Waals surface area contributed by atoms with Crippen LogP contribution < -0.4 is 10.9 Å². The van der Waals surface area contributed by atoms with Crippen LogP contribution in [0.2, 0.25) is 0 Å². The largest absolute Gasteiger partial charge is 0.379 e. The number of nitrogens with zero attached hydrogens (tertiary/aromatic N) is 3.